The largest absolute Gasteiger partial charge is 0.290 e. The molecular formula is C10H8FNO. The number of alkyl halides is 1. The molecule has 0 heterocycles. The highest BCUT2D eigenvalue weighted by molar-refractivity contribution is 6.01. The number of nitriles is 1. The zero-order chi connectivity index (χ0) is 9.84. The van der Waals surface area contributed by atoms with E-state index in [0.717, 1.165) is 5.56 Å². The lowest BCUT2D eigenvalue weighted by Crippen LogP contribution is -2.13. The van der Waals surface area contributed by atoms with Crippen LogP contribution in [0.4, 0.5) is 4.39 Å². The number of rotatable bonds is 2. The summed E-state index contributed by atoms with van der Waals surface area (Å²) in [6.07, 6.45) is -2.05. The maximum absolute atomic E-state index is 12.6. The zero-order valence-electron chi connectivity index (χ0n) is 7.12. The van der Waals surface area contributed by atoms with Gasteiger partial charge in [0, 0.05) is 5.56 Å². The van der Waals surface area contributed by atoms with E-state index in [-0.39, 0.29) is 5.56 Å². The normalized spacial score (nSPS) is 11.8. The molecular weight excluding hydrogens is 169 g/mol. The number of carbonyl (C=O) groups is 1. The summed E-state index contributed by atoms with van der Waals surface area (Å²) < 4.78 is 12.6. The van der Waals surface area contributed by atoms with E-state index in [4.69, 9.17) is 5.26 Å². The summed E-state index contributed by atoms with van der Waals surface area (Å²) in [7, 11) is 0. The average Bonchev–Trinajstić information content (AvgIpc) is 2.17. The highest BCUT2D eigenvalue weighted by atomic mass is 19.1. The van der Waals surface area contributed by atoms with E-state index < -0.39 is 12.0 Å². The smallest absolute Gasteiger partial charge is 0.248 e. The Morgan fingerprint density at radius 3 is 2.46 bits per heavy atom. The van der Waals surface area contributed by atoms with Gasteiger partial charge in [-0.25, -0.2) is 4.39 Å². The SMILES string of the molecule is Cc1ccc(C(=O)[C@H](F)C#N)cc1. The topological polar surface area (TPSA) is 40.9 Å². The molecule has 0 spiro atoms. The minimum absolute atomic E-state index is 0.236. The van der Waals surface area contributed by atoms with Gasteiger partial charge in [0.1, 0.15) is 6.07 Å². The Morgan fingerprint density at radius 1 is 1.46 bits per heavy atom. The van der Waals surface area contributed by atoms with Crippen molar-refractivity contribution in [2.75, 3.05) is 0 Å². The molecule has 0 aliphatic heterocycles. The minimum Gasteiger partial charge on any atom is -0.290 e. The number of hydrogen-bond donors (Lipinski definition) is 0. The van der Waals surface area contributed by atoms with E-state index >= 15 is 0 Å². The van der Waals surface area contributed by atoms with Crippen molar-refractivity contribution in [2.24, 2.45) is 0 Å². The van der Waals surface area contributed by atoms with Gasteiger partial charge in [0.15, 0.2) is 0 Å². The lowest BCUT2D eigenvalue weighted by Gasteiger charge is -1.99. The van der Waals surface area contributed by atoms with E-state index in [2.05, 4.69) is 0 Å². The van der Waals surface area contributed by atoms with Gasteiger partial charge in [-0.2, -0.15) is 5.26 Å². The van der Waals surface area contributed by atoms with E-state index in [0.29, 0.717) is 0 Å². The Bertz CT molecular complexity index is 350. The van der Waals surface area contributed by atoms with Gasteiger partial charge in [0.25, 0.3) is 0 Å². The van der Waals surface area contributed by atoms with Crippen molar-refractivity contribution in [3.63, 3.8) is 0 Å². The van der Waals surface area contributed by atoms with Crippen molar-refractivity contribution < 1.29 is 9.18 Å². The van der Waals surface area contributed by atoms with Gasteiger partial charge in [0.05, 0.1) is 0 Å². The predicted octanol–water partition coefficient (Wildman–Crippen LogP) is 2.04. The summed E-state index contributed by atoms with van der Waals surface area (Å²) in [6.45, 7) is 1.87. The van der Waals surface area contributed by atoms with Crippen molar-refractivity contribution in [3.8, 4) is 6.07 Å². The van der Waals surface area contributed by atoms with Gasteiger partial charge in [-0.05, 0) is 6.92 Å². The molecule has 0 aliphatic carbocycles. The van der Waals surface area contributed by atoms with Crippen LogP contribution >= 0.6 is 0 Å². The quantitative estimate of drug-likeness (QED) is 0.648. The molecule has 0 bridgehead atoms. The van der Waals surface area contributed by atoms with Crippen LogP contribution in [0.1, 0.15) is 15.9 Å². The molecule has 0 amide bonds. The Labute approximate surface area is 75.6 Å². The first-order valence-corrected chi connectivity index (χ1v) is 3.79. The van der Waals surface area contributed by atoms with Crippen molar-refractivity contribution in [2.45, 2.75) is 13.1 Å². The van der Waals surface area contributed by atoms with Crippen LogP contribution in [0.15, 0.2) is 24.3 Å². The fourth-order valence-corrected chi connectivity index (χ4v) is 0.923. The maximum atomic E-state index is 12.6. The third kappa shape index (κ3) is 2.12. The first-order chi connectivity index (χ1) is 6.15. The number of Topliss-reactive ketones (excluding diaryl/α,β-unsaturated/α-hetero) is 1. The molecule has 0 saturated carbocycles. The third-order valence-corrected chi connectivity index (χ3v) is 1.68. The van der Waals surface area contributed by atoms with Crippen LogP contribution in [-0.2, 0) is 0 Å². The van der Waals surface area contributed by atoms with E-state index in [1.54, 1.807) is 12.1 Å². The average molecular weight is 177 g/mol. The standard InChI is InChI=1S/C10H8FNO/c1-7-2-4-8(5-3-7)10(13)9(11)6-12/h2-5,9H,1H3/t9-/m1/s1. The molecule has 0 fully saturated rings. The van der Waals surface area contributed by atoms with Crippen molar-refractivity contribution in [3.05, 3.63) is 35.4 Å². The molecule has 3 heteroatoms. The van der Waals surface area contributed by atoms with E-state index in [1.807, 2.05) is 6.92 Å². The van der Waals surface area contributed by atoms with E-state index in [9.17, 15) is 9.18 Å². The molecule has 13 heavy (non-hydrogen) atoms. The molecule has 0 N–H and O–H groups in total. The summed E-state index contributed by atoms with van der Waals surface area (Å²) in [5, 5.41) is 8.18. The molecule has 0 radical (unpaired) electrons. The second kappa shape index (κ2) is 3.81. The molecule has 0 aliphatic rings. The molecule has 0 saturated heterocycles. The van der Waals surface area contributed by atoms with Gasteiger partial charge in [0.2, 0.25) is 12.0 Å². The molecule has 1 rings (SSSR count). The molecule has 0 aromatic heterocycles. The molecule has 2 nitrogen and oxygen atoms in total. The fourth-order valence-electron chi connectivity index (χ4n) is 0.923. The number of carbonyl (C=O) groups excluding carboxylic acids is 1. The summed E-state index contributed by atoms with van der Waals surface area (Å²) in [4.78, 5) is 11.1. The predicted molar refractivity (Wildman–Crippen MR) is 46.0 cm³/mol. The first kappa shape index (κ1) is 9.40. The van der Waals surface area contributed by atoms with Crippen molar-refractivity contribution in [1.29, 1.82) is 5.26 Å². The summed E-state index contributed by atoms with van der Waals surface area (Å²) in [6, 6.07) is 7.70. The molecule has 1 aromatic rings. The molecule has 1 aromatic carbocycles. The highest BCUT2D eigenvalue weighted by Crippen LogP contribution is 2.07. The number of hydrogen-bond acceptors (Lipinski definition) is 2. The number of halogens is 1. The van der Waals surface area contributed by atoms with E-state index in [1.165, 1.54) is 18.2 Å². The monoisotopic (exact) mass is 177 g/mol. The van der Waals surface area contributed by atoms with Crippen LogP contribution in [0.25, 0.3) is 0 Å². The maximum Gasteiger partial charge on any atom is 0.248 e. The Hall–Kier alpha value is -1.69. The summed E-state index contributed by atoms with van der Waals surface area (Å²) >= 11 is 0. The number of ketones is 1. The van der Waals surface area contributed by atoms with Gasteiger partial charge in [-0.15, -0.1) is 0 Å². The third-order valence-electron chi connectivity index (χ3n) is 1.68. The zero-order valence-corrected chi connectivity index (χ0v) is 7.12. The Kier molecular flexibility index (Phi) is 2.76. The van der Waals surface area contributed by atoms with Crippen LogP contribution in [-0.4, -0.2) is 12.0 Å². The van der Waals surface area contributed by atoms with Crippen LogP contribution in [0, 0.1) is 18.3 Å². The summed E-state index contributed by atoms with van der Waals surface area (Å²) in [5.74, 6) is -0.775. The first-order valence-electron chi connectivity index (χ1n) is 3.79. The van der Waals surface area contributed by atoms with Crippen LogP contribution in [0.2, 0.25) is 0 Å². The Balaban J connectivity index is 2.91. The minimum atomic E-state index is -2.05. The van der Waals surface area contributed by atoms with Crippen molar-refractivity contribution in [1.82, 2.24) is 0 Å². The number of benzene rings is 1. The van der Waals surface area contributed by atoms with Gasteiger partial charge in [-0.1, -0.05) is 29.8 Å². The van der Waals surface area contributed by atoms with Crippen molar-refractivity contribution >= 4 is 5.78 Å². The number of nitrogens with zero attached hydrogens (tertiary/aromatic N) is 1. The van der Waals surface area contributed by atoms with Crippen LogP contribution < -0.4 is 0 Å². The lowest BCUT2D eigenvalue weighted by molar-refractivity contribution is 0.0918. The van der Waals surface area contributed by atoms with Crippen LogP contribution in [0.3, 0.4) is 0 Å². The lowest BCUT2D eigenvalue weighted by atomic mass is 10.1. The van der Waals surface area contributed by atoms with Gasteiger partial charge in [-0.3, -0.25) is 4.79 Å². The second-order valence-corrected chi connectivity index (χ2v) is 2.72. The second-order valence-electron chi connectivity index (χ2n) is 2.72. The summed E-state index contributed by atoms with van der Waals surface area (Å²) in [5.41, 5.74) is 1.23. The van der Waals surface area contributed by atoms with Gasteiger partial charge < -0.3 is 0 Å². The highest BCUT2D eigenvalue weighted by Gasteiger charge is 2.17. The molecule has 0 unspecified atom stereocenters. The fraction of sp³-hybridized carbons (Fsp3) is 0.200. The van der Waals surface area contributed by atoms with Gasteiger partial charge >= 0.3 is 0 Å². The molecule has 66 valence electrons. The molecule has 1 atom stereocenters. The number of aryl methyl sites for hydroxylation is 1. The van der Waals surface area contributed by atoms with Crippen LogP contribution in [0.5, 0.6) is 0 Å². The Morgan fingerprint density at radius 2 is 2.00 bits per heavy atom.